The van der Waals surface area contributed by atoms with Crippen LogP contribution in [0.1, 0.15) is 39.4 Å². The molecule has 0 radical (unpaired) electrons. The van der Waals surface area contributed by atoms with Crippen LogP contribution in [0.25, 0.3) is 0 Å². The van der Waals surface area contributed by atoms with E-state index in [9.17, 15) is 9.59 Å². The number of rotatable bonds is 3. The van der Waals surface area contributed by atoms with Gasteiger partial charge in [0.15, 0.2) is 5.78 Å². The third kappa shape index (κ3) is 2.09. The van der Waals surface area contributed by atoms with Crippen molar-refractivity contribution in [2.24, 2.45) is 5.92 Å². The molecular formula is C11H15NO3S. The van der Waals surface area contributed by atoms with Crippen LogP contribution in [0.15, 0.2) is 0 Å². The second-order valence-electron chi connectivity index (χ2n) is 3.81. The lowest BCUT2D eigenvalue weighted by Gasteiger charge is -2.04. The first-order chi connectivity index (χ1) is 7.40. The highest BCUT2D eigenvalue weighted by atomic mass is 32.1. The predicted molar refractivity (Wildman–Crippen MR) is 64.0 cm³/mol. The minimum absolute atomic E-state index is 0.0404. The van der Waals surface area contributed by atoms with Crippen molar-refractivity contribution in [3.63, 3.8) is 0 Å². The molecule has 0 amide bonds. The van der Waals surface area contributed by atoms with Crippen molar-refractivity contribution >= 4 is 28.1 Å². The van der Waals surface area contributed by atoms with Crippen LogP contribution < -0.4 is 5.73 Å². The van der Waals surface area contributed by atoms with Gasteiger partial charge < -0.3 is 10.5 Å². The number of hydrogen-bond donors (Lipinski definition) is 1. The van der Waals surface area contributed by atoms with E-state index in [1.165, 1.54) is 7.11 Å². The maximum Gasteiger partial charge on any atom is 0.348 e. The largest absolute Gasteiger partial charge is 0.465 e. The molecule has 0 bridgehead atoms. The molecular weight excluding hydrogens is 226 g/mol. The Kier molecular flexibility index (Phi) is 3.70. The number of carbonyl (C=O) groups is 2. The number of nitrogens with two attached hydrogens (primary N) is 1. The van der Waals surface area contributed by atoms with Gasteiger partial charge in [-0.3, -0.25) is 4.79 Å². The summed E-state index contributed by atoms with van der Waals surface area (Å²) in [4.78, 5) is 23.7. The molecule has 0 aromatic carbocycles. The standard InChI is InChI=1S/C11H15NO3S/c1-5(2)8(13)7-6(3)9(11(14)15-4)16-10(7)12/h5H,12H2,1-4H3. The number of carbonyl (C=O) groups excluding carboxylic acids is 2. The van der Waals surface area contributed by atoms with Crippen LogP contribution in [0.2, 0.25) is 0 Å². The van der Waals surface area contributed by atoms with Crippen LogP contribution >= 0.6 is 11.3 Å². The average molecular weight is 241 g/mol. The SMILES string of the molecule is COC(=O)c1sc(N)c(C(=O)C(C)C)c1C. The Morgan fingerprint density at radius 1 is 1.38 bits per heavy atom. The lowest BCUT2D eigenvalue weighted by Crippen LogP contribution is -2.10. The van der Waals surface area contributed by atoms with E-state index >= 15 is 0 Å². The van der Waals surface area contributed by atoms with Crippen molar-refractivity contribution < 1.29 is 14.3 Å². The summed E-state index contributed by atoms with van der Waals surface area (Å²) in [6.45, 7) is 5.32. The zero-order valence-corrected chi connectivity index (χ0v) is 10.6. The van der Waals surface area contributed by atoms with Gasteiger partial charge >= 0.3 is 5.97 Å². The van der Waals surface area contributed by atoms with Crippen molar-refractivity contribution in [3.8, 4) is 0 Å². The van der Waals surface area contributed by atoms with Crippen LogP contribution in [0.4, 0.5) is 5.00 Å². The molecule has 0 saturated carbocycles. The molecule has 0 spiro atoms. The monoisotopic (exact) mass is 241 g/mol. The van der Waals surface area contributed by atoms with Crippen LogP contribution in [0, 0.1) is 12.8 Å². The highest BCUT2D eigenvalue weighted by molar-refractivity contribution is 7.18. The summed E-state index contributed by atoms with van der Waals surface area (Å²) >= 11 is 1.10. The lowest BCUT2D eigenvalue weighted by atomic mass is 9.99. The van der Waals surface area contributed by atoms with Crippen molar-refractivity contribution in [3.05, 3.63) is 16.0 Å². The normalized spacial score (nSPS) is 10.6. The topological polar surface area (TPSA) is 69.4 Å². The molecule has 4 nitrogen and oxygen atoms in total. The number of esters is 1. The fourth-order valence-electron chi connectivity index (χ4n) is 1.42. The van der Waals surface area contributed by atoms with Gasteiger partial charge in [-0.1, -0.05) is 13.8 Å². The van der Waals surface area contributed by atoms with E-state index < -0.39 is 5.97 Å². The van der Waals surface area contributed by atoms with Gasteiger partial charge in [0.05, 0.1) is 17.7 Å². The van der Waals surface area contributed by atoms with E-state index in [0.717, 1.165) is 11.3 Å². The third-order valence-corrected chi connectivity index (χ3v) is 3.42. The molecule has 0 aliphatic rings. The first-order valence-electron chi connectivity index (χ1n) is 4.91. The van der Waals surface area contributed by atoms with E-state index in [2.05, 4.69) is 4.74 Å². The van der Waals surface area contributed by atoms with Gasteiger partial charge in [-0.25, -0.2) is 4.79 Å². The Bertz CT molecular complexity index is 435. The summed E-state index contributed by atoms with van der Waals surface area (Å²) in [6.07, 6.45) is 0. The van der Waals surface area contributed by atoms with Gasteiger partial charge in [0.2, 0.25) is 0 Å². The fourth-order valence-corrected chi connectivity index (χ4v) is 2.42. The summed E-state index contributed by atoms with van der Waals surface area (Å²) in [7, 11) is 1.31. The van der Waals surface area contributed by atoms with Crippen molar-refractivity contribution in [2.45, 2.75) is 20.8 Å². The Balaban J connectivity index is 3.27. The second-order valence-corrected chi connectivity index (χ2v) is 4.86. The molecule has 88 valence electrons. The second kappa shape index (κ2) is 4.65. The maximum absolute atomic E-state index is 11.9. The summed E-state index contributed by atoms with van der Waals surface area (Å²) in [5.41, 5.74) is 6.84. The molecule has 0 fully saturated rings. The van der Waals surface area contributed by atoms with Gasteiger partial charge in [0.1, 0.15) is 4.88 Å². The zero-order valence-electron chi connectivity index (χ0n) is 9.79. The third-order valence-electron chi connectivity index (χ3n) is 2.32. The molecule has 0 aliphatic carbocycles. The van der Waals surface area contributed by atoms with Crippen molar-refractivity contribution in [1.82, 2.24) is 0 Å². The van der Waals surface area contributed by atoms with E-state index in [1.54, 1.807) is 20.8 Å². The molecule has 0 aliphatic heterocycles. The van der Waals surface area contributed by atoms with Crippen molar-refractivity contribution in [2.75, 3.05) is 12.8 Å². The number of nitrogen functional groups attached to an aromatic ring is 1. The molecule has 0 unspecified atom stereocenters. The zero-order chi connectivity index (χ0) is 12.5. The lowest BCUT2D eigenvalue weighted by molar-refractivity contribution is 0.0605. The Labute approximate surface area is 98.4 Å². The van der Waals surface area contributed by atoms with E-state index in [4.69, 9.17) is 5.73 Å². The molecule has 0 atom stereocenters. The number of Topliss-reactive ketones (excluding diaryl/α,β-unsaturated/α-hetero) is 1. The van der Waals surface area contributed by atoms with Gasteiger partial charge in [0.25, 0.3) is 0 Å². The summed E-state index contributed by atoms with van der Waals surface area (Å²) < 4.78 is 4.63. The van der Waals surface area contributed by atoms with Crippen molar-refractivity contribution in [1.29, 1.82) is 0 Å². The predicted octanol–water partition coefficient (Wildman–Crippen LogP) is 2.26. The summed E-state index contributed by atoms with van der Waals surface area (Å²) in [6, 6.07) is 0. The molecule has 2 N–H and O–H groups in total. The molecule has 0 saturated heterocycles. The van der Waals surface area contributed by atoms with E-state index in [1.807, 2.05) is 0 Å². The minimum Gasteiger partial charge on any atom is -0.465 e. The van der Waals surface area contributed by atoms with Gasteiger partial charge in [0, 0.05) is 5.92 Å². The number of hydrogen-bond acceptors (Lipinski definition) is 5. The Morgan fingerprint density at radius 3 is 2.38 bits per heavy atom. The highest BCUT2D eigenvalue weighted by Gasteiger charge is 2.24. The van der Waals surface area contributed by atoms with E-state index in [-0.39, 0.29) is 11.7 Å². The average Bonchev–Trinajstić information content (AvgIpc) is 2.52. The van der Waals surface area contributed by atoms with Gasteiger partial charge in [-0.15, -0.1) is 11.3 Å². The van der Waals surface area contributed by atoms with Crippen LogP contribution in [0.5, 0.6) is 0 Å². The molecule has 16 heavy (non-hydrogen) atoms. The number of thiophene rings is 1. The first-order valence-corrected chi connectivity index (χ1v) is 5.73. The molecule has 1 heterocycles. The number of ketones is 1. The number of anilines is 1. The highest BCUT2D eigenvalue weighted by Crippen LogP contribution is 2.32. The summed E-state index contributed by atoms with van der Waals surface area (Å²) in [5, 5.41) is 0.386. The van der Waals surface area contributed by atoms with E-state index in [0.29, 0.717) is 21.0 Å². The van der Waals surface area contributed by atoms with Gasteiger partial charge in [-0.2, -0.15) is 0 Å². The van der Waals surface area contributed by atoms with Gasteiger partial charge in [-0.05, 0) is 12.5 Å². The quantitative estimate of drug-likeness (QED) is 0.651. The molecule has 1 rings (SSSR count). The smallest absolute Gasteiger partial charge is 0.348 e. The van der Waals surface area contributed by atoms with Crippen LogP contribution in [-0.4, -0.2) is 18.9 Å². The Hall–Kier alpha value is -1.36. The summed E-state index contributed by atoms with van der Waals surface area (Å²) in [5.74, 6) is -0.625. The fraction of sp³-hybridized carbons (Fsp3) is 0.455. The molecule has 1 aromatic rings. The maximum atomic E-state index is 11.9. The van der Waals surface area contributed by atoms with Crippen LogP contribution in [0.3, 0.4) is 0 Å². The first kappa shape index (κ1) is 12.7. The van der Waals surface area contributed by atoms with Crippen LogP contribution in [-0.2, 0) is 4.74 Å². The molecule has 5 heteroatoms. The number of methoxy groups -OCH3 is 1. The number of ether oxygens (including phenoxy) is 1. The molecule has 1 aromatic heterocycles. The Morgan fingerprint density at radius 2 is 1.94 bits per heavy atom. The minimum atomic E-state index is -0.447.